The van der Waals surface area contributed by atoms with E-state index in [1.54, 1.807) is 6.07 Å². The third kappa shape index (κ3) is 5.39. The number of nitrogens with zero attached hydrogens (tertiary/aromatic N) is 4. The summed E-state index contributed by atoms with van der Waals surface area (Å²) in [4.78, 5) is 8.53. The molecule has 0 saturated heterocycles. The molecule has 0 fully saturated rings. The maximum atomic E-state index is 13.5. The summed E-state index contributed by atoms with van der Waals surface area (Å²) < 4.78 is 15.3. The number of halogens is 1. The number of aromatic nitrogens is 4. The lowest BCUT2D eigenvalue weighted by Gasteiger charge is -2.16. The molecular weight excluding hydrogens is 405 g/mol. The van der Waals surface area contributed by atoms with Crippen molar-refractivity contribution >= 4 is 28.2 Å². The SMILES string of the molecule is CCC(C)c1c(N)ncnc1Nc1ccc2c(cnn2Cc2cccc(F)c2)c1.CNC. The molecule has 4 rings (SSSR count). The number of fused-ring (bicyclic) bond motifs is 1. The molecule has 2 aromatic heterocycles. The van der Waals surface area contributed by atoms with E-state index in [1.807, 2.05) is 49.2 Å². The van der Waals surface area contributed by atoms with Crippen LogP contribution >= 0.6 is 0 Å². The van der Waals surface area contributed by atoms with Crippen LogP contribution in [0.3, 0.4) is 0 Å². The molecule has 1 unspecified atom stereocenters. The van der Waals surface area contributed by atoms with E-state index in [9.17, 15) is 4.39 Å². The van der Waals surface area contributed by atoms with Crippen molar-refractivity contribution in [2.24, 2.45) is 0 Å². The first-order valence-corrected chi connectivity index (χ1v) is 10.6. The lowest BCUT2D eigenvalue weighted by Crippen LogP contribution is -2.07. The molecule has 0 aliphatic carbocycles. The lowest BCUT2D eigenvalue weighted by molar-refractivity contribution is 0.621. The van der Waals surface area contributed by atoms with E-state index >= 15 is 0 Å². The van der Waals surface area contributed by atoms with E-state index in [-0.39, 0.29) is 11.7 Å². The summed E-state index contributed by atoms with van der Waals surface area (Å²) in [5, 5.41) is 11.6. The van der Waals surface area contributed by atoms with Crippen molar-refractivity contribution < 1.29 is 4.39 Å². The van der Waals surface area contributed by atoms with E-state index in [4.69, 9.17) is 5.73 Å². The monoisotopic (exact) mass is 435 g/mol. The summed E-state index contributed by atoms with van der Waals surface area (Å²) in [7, 11) is 3.75. The minimum absolute atomic E-state index is 0.244. The fourth-order valence-corrected chi connectivity index (χ4v) is 3.43. The van der Waals surface area contributed by atoms with E-state index in [1.165, 1.54) is 18.5 Å². The van der Waals surface area contributed by atoms with Crippen LogP contribution in [0, 0.1) is 5.82 Å². The smallest absolute Gasteiger partial charge is 0.139 e. The number of rotatable bonds is 6. The third-order valence-corrected chi connectivity index (χ3v) is 5.15. The number of anilines is 3. The van der Waals surface area contributed by atoms with Crippen LogP contribution in [0.5, 0.6) is 0 Å². The van der Waals surface area contributed by atoms with Gasteiger partial charge in [0, 0.05) is 16.6 Å². The van der Waals surface area contributed by atoms with Crippen LogP contribution in [0.2, 0.25) is 0 Å². The first-order valence-electron chi connectivity index (χ1n) is 10.6. The molecule has 2 aromatic carbocycles. The van der Waals surface area contributed by atoms with Crippen LogP contribution in [0.1, 0.15) is 37.3 Å². The van der Waals surface area contributed by atoms with Gasteiger partial charge in [-0.1, -0.05) is 26.0 Å². The molecule has 0 amide bonds. The van der Waals surface area contributed by atoms with Gasteiger partial charge in [0.05, 0.1) is 18.3 Å². The summed E-state index contributed by atoms with van der Waals surface area (Å²) in [5.41, 5.74) is 9.76. The average Bonchev–Trinajstić information content (AvgIpc) is 3.16. The molecule has 0 saturated carbocycles. The van der Waals surface area contributed by atoms with E-state index in [0.29, 0.717) is 12.4 Å². The highest BCUT2D eigenvalue weighted by Crippen LogP contribution is 2.31. The van der Waals surface area contributed by atoms with Crippen LogP contribution in [0.25, 0.3) is 10.9 Å². The number of nitrogens with two attached hydrogens (primary N) is 1. The van der Waals surface area contributed by atoms with Crippen molar-refractivity contribution in [3.8, 4) is 0 Å². The minimum Gasteiger partial charge on any atom is -0.383 e. The van der Waals surface area contributed by atoms with Gasteiger partial charge in [-0.05, 0) is 62.3 Å². The second-order valence-electron chi connectivity index (χ2n) is 7.66. The average molecular weight is 436 g/mol. The van der Waals surface area contributed by atoms with E-state index < -0.39 is 0 Å². The number of benzene rings is 2. The van der Waals surface area contributed by atoms with Crippen molar-refractivity contribution in [3.63, 3.8) is 0 Å². The molecule has 168 valence electrons. The van der Waals surface area contributed by atoms with Gasteiger partial charge >= 0.3 is 0 Å². The quantitative estimate of drug-likeness (QED) is 0.407. The second kappa shape index (κ2) is 10.7. The van der Waals surface area contributed by atoms with Gasteiger partial charge in [0.2, 0.25) is 0 Å². The van der Waals surface area contributed by atoms with Gasteiger partial charge in [0.25, 0.3) is 0 Å². The summed E-state index contributed by atoms with van der Waals surface area (Å²) in [5.74, 6) is 1.22. The molecule has 32 heavy (non-hydrogen) atoms. The molecule has 1 atom stereocenters. The Morgan fingerprint density at radius 1 is 1.12 bits per heavy atom. The van der Waals surface area contributed by atoms with E-state index in [0.717, 1.165) is 40.0 Å². The first-order chi connectivity index (χ1) is 15.5. The van der Waals surface area contributed by atoms with Gasteiger partial charge in [0.15, 0.2) is 0 Å². The third-order valence-electron chi connectivity index (χ3n) is 5.15. The van der Waals surface area contributed by atoms with Crippen molar-refractivity contribution in [2.75, 3.05) is 25.1 Å². The standard InChI is InChI=1S/C22H23FN6.C2H7N/c1-3-14(2)20-21(24)25-13-26-22(20)28-18-7-8-19-16(10-18)11-27-29(19)12-15-5-4-6-17(23)9-15;1-3-2/h4-11,13-14H,3,12H2,1-2H3,(H3,24,25,26,28);3H,1-2H3. The molecule has 4 N–H and O–H groups in total. The second-order valence-corrected chi connectivity index (χ2v) is 7.66. The highest BCUT2D eigenvalue weighted by atomic mass is 19.1. The molecule has 2 heterocycles. The Bertz CT molecular complexity index is 1170. The number of hydrogen-bond acceptors (Lipinski definition) is 6. The Labute approximate surface area is 187 Å². The van der Waals surface area contributed by atoms with E-state index in [2.05, 4.69) is 39.5 Å². The van der Waals surface area contributed by atoms with Gasteiger partial charge < -0.3 is 16.4 Å². The van der Waals surface area contributed by atoms with Gasteiger partial charge in [-0.3, -0.25) is 4.68 Å². The van der Waals surface area contributed by atoms with Crippen LogP contribution in [0.4, 0.5) is 21.7 Å². The highest BCUT2D eigenvalue weighted by molar-refractivity contribution is 5.83. The van der Waals surface area contributed by atoms with Gasteiger partial charge in [0.1, 0.15) is 23.8 Å². The molecule has 7 nitrogen and oxygen atoms in total. The largest absolute Gasteiger partial charge is 0.383 e. The molecule has 0 bridgehead atoms. The molecule has 0 aliphatic rings. The molecule has 4 aromatic rings. The summed E-state index contributed by atoms with van der Waals surface area (Å²) >= 11 is 0. The Hall–Kier alpha value is -3.52. The number of nitrogens with one attached hydrogen (secondary N) is 2. The molecule has 8 heteroatoms. The lowest BCUT2D eigenvalue weighted by atomic mass is 9.99. The summed E-state index contributed by atoms with van der Waals surface area (Å²) in [6.45, 7) is 4.73. The van der Waals surface area contributed by atoms with Crippen LogP contribution in [-0.2, 0) is 6.54 Å². The van der Waals surface area contributed by atoms with Gasteiger partial charge in [-0.15, -0.1) is 0 Å². The fraction of sp³-hybridized carbons (Fsp3) is 0.292. The predicted octanol–water partition coefficient (Wildman–Crippen LogP) is 4.69. The van der Waals surface area contributed by atoms with Crippen molar-refractivity contribution in [1.82, 2.24) is 25.1 Å². The topological polar surface area (TPSA) is 93.7 Å². The maximum Gasteiger partial charge on any atom is 0.139 e. The zero-order chi connectivity index (χ0) is 23.1. The van der Waals surface area contributed by atoms with Crippen LogP contribution < -0.4 is 16.4 Å². The van der Waals surface area contributed by atoms with Gasteiger partial charge in [-0.2, -0.15) is 5.10 Å². The van der Waals surface area contributed by atoms with Crippen LogP contribution in [0.15, 0.2) is 55.0 Å². The highest BCUT2D eigenvalue weighted by Gasteiger charge is 2.15. The summed E-state index contributed by atoms with van der Waals surface area (Å²) in [6.07, 6.45) is 4.22. The Kier molecular flexibility index (Phi) is 7.72. The first kappa shape index (κ1) is 23.1. The molecule has 0 radical (unpaired) electrons. The number of nitrogen functional groups attached to an aromatic ring is 1. The maximum absolute atomic E-state index is 13.5. The Balaban J connectivity index is 0.000000913. The zero-order valence-electron chi connectivity index (χ0n) is 18.9. The van der Waals surface area contributed by atoms with Crippen molar-refractivity contribution in [3.05, 3.63) is 71.9 Å². The summed E-state index contributed by atoms with van der Waals surface area (Å²) in [6, 6.07) is 12.6. The zero-order valence-corrected chi connectivity index (χ0v) is 18.9. The number of hydrogen-bond donors (Lipinski definition) is 3. The Morgan fingerprint density at radius 3 is 2.62 bits per heavy atom. The molecule has 0 aliphatic heterocycles. The predicted molar refractivity (Wildman–Crippen MR) is 129 cm³/mol. The van der Waals surface area contributed by atoms with Crippen LogP contribution in [-0.4, -0.2) is 33.8 Å². The van der Waals surface area contributed by atoms with Gasteiger partial charge in [-0.25, -0.2) is 14.4 Å². The molecular formula is C24H30FN7. The normalized spacial score (nSPS) is 11.7. The van der Waals surface area contributed by atoms with Crippen molar-refractivity contribution in [2.45, 2.75) is 32.7 Å². The minimum atomic E-state index is -0.244. The Morgan fingerprint density at radius 2 is 1.91 bits per heavy atom. The van der Waals surface area contributed by atoms with Crippen molar-refractivity contribution in [1.29, 1.82) is 0 Å². The fourth-order valence-electron chi connectivity index (χ4n) is 3.43. The molecule has 0 spiro atoms.